The molecule has 0 aliphatic heterocycles. The van der Waals surface area contributed by atoms with Crippen molar-refractivity contribution in [3.63, 3.8) is 0 Å². The maximum absolute atomic E-state index is 14.0. The lowest BCUT2D eigenvalue weighted by Gasteiger charge is -2.24. The van der Waals surface area contributed by atoms with E-state index in [-0.39, 0.29) is 24.5 Å². The molecule has 124 valence electrons. The summed E-state index contributed by atoms with van der Waals surface area (Å²) in [5, 5.41) is 12.7. The summed E-state index contributed by atoms with van der Waals surface area (Å²) in [7, 11) is 0. The van der Waals surface area contributed by atoms with E-state index < -0.39 is 0 Å². The quantitative estimate of drug-likeness (QED) is 0.686. The SMILES string of the molecule is CSc1ccc(C(C)NC(CCCO)c2ccccc2)cc1F. The van der Waals surface area contributed by atoms with Gasteiger partial charge < -0.3 is 10.4 Å². The first-order valence-corrected chi connectivity index (χ1v) is 9.13. The van der Waals surface area contributed by atoms with E-state index in [9.17, 15) is 4.39 Å². The molecule has 0 saturated carbocycles. The van der Waals surface area contributed by atoms with E-state index in [1.165, 1.54) is 17.3 Å². The van der Waals surface area contributed by atoms with Gasteiger partial charge in [-0.3, -0.25) is 0 Å². The summed E-state index contributed by atoms with van der Waals surface area (Å²) in [6, 6.07) is 15.8. The minimum absolute atomic E-state index is 0.0318. The zero-order chi connectivity index (χ0) is 16.7. The molecule has 0 amide bonds. The van der Waals surface area contributed by atoms with Crippen LogP contribution in [0.4, 0.5) is 4.39 Å². The molecule has 2 rings (SSSR count). The van der Waals surface area contributed by atoms with Crippen molar-refractivity contribution in [1.82, 2.24) is 5.32 Å². The van der Waals surface area contributed by atoms with Crippen LogP contribution in [-0.2, 0) is 0 Å². The van der Waals surface area contributed by atoms with Crippen molar-refractivity contribution in [2.45, 2.75) is 36.7 Å². The van der Waals surface area contributed by atoms with Gasteiger partial charge in [-0.2, -0.15) is 0 Å². The van der Waals surface area contributed by atoms with E-state index in [4.69, 9.17) is 5.11 Å². The number of aliphatic hydroxyl groups is 1. The number of rotatable bonds is 8. The Bertz CT molecular complexity index is 606. The number of halogens is 1. The van der Waals surface area contributed by atoms with Gasteiger partial charge in [-0.05, 0) is 49.3 Å². The Balaban J connectivity index is 2.13. The number of hydrogen-bond acceptors (Lipinski definition) is 3. The summed E-state index contributed by atoms with van der Waals surface area (Å²) in [5.41, 5.74) is 2.12. The van der Waals surface area contributed by atoms with Crippen LogP contribution >= 0.6 is 11.8 Å². The molecule has 23 heavy (non-hydrogen) atoms. The fourth-order valence-electron chi connectivity index (χ4n) is 2.68. The Morgan fingerprint density at radius 3 is 2.48 bits per heavy atom. The molecule has 0 aromatic heterocycles. The van der Waals surface area contributed by atoms with Crippen LogP contribution in [0.25, 0.3) is 0 Å². The monoisotopic (exact) mass is 333 g/mol. The van der Waals surface area contributed by atoms with Gasteiger partial charge in [0.1, 0.15) is 5.82 Å². The maximum atomic E-state index is 14.0. The van der Waals surface area contributed by atoms with Crippen LogP contribution in [0.15, 0.2) is 53.4 Å². The second-order valence-electron chi connectivity index (χ2n) is 5.61. The molecule has 0 bridgehead atoms. The van der Waals surface area contributed by atoms with Crippen LogP contribution < -0.4 is 5.32 Å². The van der Waals surface area contributed by atoms with Crippen LogP contribution in [0.5, 0.6) is 0 Å². The van der Waals surface area contributed by atoms with E-state index in [1.54, 1.807) is 6.07 Å². The largest absolute Gasteiger partial charge is 0.396 e. The second kappa shape index (κ2) is 9.06. The Morgan fingerprint density at radius 2 is 1.87 bits per heavy atom. The van der Waals surface area contributed by atoms with Crippen LogP contribution in [0.1, 0.15) is 43.0 Å². The normalized spacial score (nSPS) is 13.7. The van der Waals surface area contributed by atoms with Crippen molar-refractivity contribution in [3.05, 3.63) is 65.5 Å². The molecule has 0 spiro atoms. The number of thioether (sulfide) groups is 1. The van der Waals surface area contributed by atoms with Crippen molar-refractivity contribution in [3.8, 4) is 0 Å². The predicted octanol–water partition coefficient (Wildman–Crippen LogP) is 4.71. The first kappa shape index (κ1) is 18.0. The van der Waals surface area contributed by atoms with E-state index in [1.807, 2.05) is 43.5 Å². The molecule has 0 aliphatic rings. The Kier molecular flexibility index (Phi) is 7.09. The van der Waals surface area contributed by atoms with E-state index in [2.05, 4.69) is 17.4 Å². The van der Waals surface area contributed by atoms with Gasteiger partial charge in [0.2, 0.25) is 0 Å². The molecule has 2 nitrogen and oxygen atoms in total. The molecule has 0 fully saturated rings. The molecule has 0 aliphatic carbocycles. The van der Waals surface area contributed by atoms with Gasteiger partial charge in [0.05, 0.1) is 0 Å². The molecule has 2 unspecified atom stereocenters. The lowest BCUT2D eigenvalue weighted by Crippen LogP contribution is -2.25. The number of aliphatic hydroxyl groups excluding tert-OH is 1. The molecule has 2 aromatic carbocycles. The summed E-state index contributed by atoms with van der Waals surface area (Å²) >= 11 is 1.41. The van der Waals surface area contributed by atoms with E-state index in [0.717, 1.165) is 18.4 Å². The topological polar surface area (TPSA) is 32.3 Å². The molecule has 0 radical (unpaired) electrons. The van der Waals surface area contributed by atoms with Gasteiger partial charge >= 0.3 is 0 Å². The lowest BCUT2D eigenvalue weighted by molar-refractivity contribution is 0.272. The highest BCUT2D eigenvalue weighted by atomic mass is 32.2. The van der Waals surface area contributed by atoms with Crippen LogP contribution in [0.2, 0.25) is 0 Å². The van der Waals surface area contributed by atoms with Gasteiger partial charge in [-0.1, -0.05) is 36.4 Å². The fourth-order valence-corrected chi connectivity index (χ4v) is 3.14. The highest BCUT2D eigenvalue weighted by Crippen LogP contribution is 2.26. The molecule has 2 aromatic rings. The molecule has 0 heterocycles. The molecule has 0 saturated heterocycles. The third-order valence-electron chi connectivity index (χ3n) is 3.98. The number of hydrogen-bond donors (Lipinski definition) is 2. The first-order valence-electron chi connectivity index (χ1n) is 7.91. The number of nitrogens with one attached hydrogen (secondary N) is 1. The minimum atomic E-state index is -0.171. The summed E-state index contributed by atoms with van der Waals surface area (Å²) < 4.78 is 14.0. The first-order chi connectivity index (χ1) is 11.2. The summed E-state index contributed by atoms with van der Waals surface area (Å²) in [5.74, 6) is -0.171. The average Bonchev–Trinajstić information content (AvgIpc) is 2.59. The van der Waals surface area contributed by atoms with Crippen LogP contribution in [0, 0.1) is 5.82 Å². The van der Waals surface area contributed by atoms with Crippen LogP contribution in [-0.4, -0.2) is 18.0 Å². The fraction of sp³-hybridized carbons (Fsp3) is 0.368. The molecular weight excluding hydrogens is 309 g/mol. The highest BCUT2D eigenvalue weighted by molar-refractivity contribution is 7.98. The summed E-state index contributed by atoms with van der Waals surface area (Å²) in [6.45, 7) is 2.22. The van der Waals surface area contributed by atoms with Crippen molar-refractivity contribution < 1.29 is 9.50 Å². The van der Waals surface area contributed by atoms with Crippen molar-refractivity contribution in [2.24, 2.45) is 0 Å². The smallest absolute Gasteiger partial charge is 0.137 e. The van der Waals surface area contributed by atoms with Crippen LogP contribution in [0.3, 0.4) is 0 Å². The number of benzene rings is 2. The summed E-state index contributed by atoms with van der Waals surface area (Å²) in [4.78, 5) is 0.667. The standard InChI is InChI=1S/C19H24FNOS/c1-14(16-10-11-19(23-2)17(20)13-16)21-18(9-6-12-22)15-7-4-3-5-8-15/h3-5,7-8,10-11,13-14,18,21-22H,6,9,12H2,1-2H3. The lowest BCUT2D eigenvalue weighted by atomic mass is 9.99. The molecule has 4 heteroatoms. The molecule has 2 atom stereocenters. The third-order valence-corrected chi connectivity index (χ3v) is 4.75. The summed E-state index contributed by atoms with van der Waals surface area (Å²) in [6.07, 6.45) is 3.45. The van der Waals surface area contributed by atoms with Crippen molar-refractivity contribution in [2.75, 3.05) is 12.9 Å². The van der Waals surface area contributed by atoms with Crippen molar-refractivity contribution >= 4 is 11.8 Å². The highest BCUT2D eigenvalue weighted by Gasteiger charge is 2.16. The van der Waals surface area contributed by atoms with Crippen molar-refractivity contribution in [1.29, 1.82) is 0 Å². The minimum Gasteiger partial charge on any atom is -0.396 e. The Labute approximate surface area is 142 Å². The Hall–Kier alpha value is -1.36. The molecule has 2 N–H and O–H groups in total. The van der Waals surface area contributed by atoms with Gasteiger partial charge in [-0.25, -0.2) is 4.39 Å². The molecular formula is C19H24FNOS. The van der Waals surface area contributed by atoms with E-state index in [0.29, 0.717) is 4.90 Å². The predicted molar refractivity (Wildman–Crippen MR) is 95.2 cm³/mol. The second-order valence-corrected chi connectivity index (χ2v) is 6.46. The van der Waals surface area contributed by atoms with Gasteiger partial charge in [0.25, 0.3) is 0 Å². The Morgan fingerprint density at radius 1 is 1.13 bits per heavy atom. The maximum Gasteiger partial charge on any atom is 0.137 e. The van der Waals surface area contributed by atoms with Gasteiger partial charge in [0, 0.05) is 23.6 Å². The third kappa shape index (κ3) is 5.06. The zero-order valence-corrected chi connectivity index (χ0v) is 14.4. The zero-order valence-electron chi connectivity index (χ0n) is 13.6. The van der Waals surface area contributed by atoms with E-state index >= 15 is 0 Å². The average molecular weight is 333 g/mol. The van der Waals surface area contributed by atoms with Gasteiger partial charge in [0.15, 0.2) is 0 Å². The van der Waals surface area contributed by atoms with Gasteiger partial charge in [-0.15, -0.1) is 11.8 Å².